The number of rotatable bonds is 6. The molecule has 3 heteroatoms. The van der Waals surface area contributed by atoms with E-state index in [9.17, 15) is 0 Å². The molecule has 96 valence electrons. The van der Waals surface area contributed by atoms with Crippen molar-refractivity contribution < 1.29 is 0 Å². The summed E-state index contributed by atoms with van der Waals surface area (Å²) in [6, 6.07) is 9.08. The van der Waals surface area contributed by atoms with Crippen LogP contribution in [0.25, 0.3) is 0 Å². The molecule has 1 aromatic carbocycles. The van der Waals surface area contributed by atoms with Crippen LogP contribution in [0, 0.1) is 0 Å². The highest BCUT2D eigenvalue weighted by molar-refractivity contribution is 7.09. The molecule has 18 heavy (non-hydrogen) atoms. The van der Waals surface area contributed by atoms with Gasteiger partial charge in [-0.05, 0) is 24.1 Å². The molecular formula is C15H20N2S. The average Bonchev–Trinajstić information content (AvgIpc) is 2.91. The first-order chi connectivity index (χ1) is 8.85. The first-order valence-electron chi connectivity index (χ1n) is 6.54. The summed E-state index contributed by atoms with van der Waals surface area (Å²) in [6.07, 6.45) is 3.94. The van der Waals surface area contributed by atoms with Gasteiger partial charge in [-0.15, -0.1) is 11.3 Å². The average molecular weight is 260 g/mol. The summed E-state index contributed by atoms with van der Waals surface area (Å²) in [5.74, 6) is 0. The van der Waals surface area contributed by atoms with Crippen LogP contribution in [0.2, 0.25) is 0 Å². The minimum absolute atomic E-state index is 0.373. The Kier molecular flexibility index (Phi) is 4.90. The first kappa shape index (κ1) is 13.2. The third-order valence-electron chi connectivity index (χ3n) is 3.12. The van der Waals surface area contributed by atoms with Gasteiger partial charge in [0.15, 0.2) is 0 Å². The molecule has 2 aromatic rings. The second-order valence-corrected chi connectivity index (χ2v) is 5.27. The van der Waals surface area contributed by atoms with Crippen molar-refractivity contribution in [2.45, 2.75) is 32.7 Å². The van der Waals surface area contributed by atoms with E-state index in [0.29, 0.717) is 6.04 Å². The van der Waals surface area contributed by atoms with Gasteiger partial charge in [0.05, 0.1) is 5.01 Å². The zero-order chi connectivity index (χ0) is 12.8. The van der Waals surface area contributed by atoms with Crippen LogP contribution in [-0.4, -0.2) is 11.5 Å². The molecule has 2 nitrogen and oxygen atoms in total. The van der Waals surface area contributed by atoms with Gasteiger partial charge < -0.3 is 5.32 Å². The Balaban J connectivity index is 2.23. The van der Waals surface area contributed by atoms with Crippen LogP contribution in [0.5, 0.6) is 0 Å². The number of thiazole rings is 1. The summed E-state index contributed by atoms with van der Waals surface area (Å²) < 4.78 is 0. The maximum absolute atomic E-state index is 4.40. The summed E-state index contributed by atoms with van der Waals surface area (Å²) in [4.78, 5) is 4.40. The van der Waals surface area contributed by atoms with Crippen molar-refractivity contribution in [2.24, 2.45) is 0 Å². The Hall–Kier alpha value is -1.19. The van der Waals surface area contributed by atoms with Crippen LogP contribution < -0.4 is 5.32 Å². The van der Waals surface area contributed by atoms with E-state index in [-0.39, 0.29) is 0 Å². The number of aryl methyl sites for hydroxylation is 1. The van der Waals surface area contributed by atoms with E-state index in [0.717, 1.165) is 19.4 Å². The molecule has 2 rings (SSSR count). The molecule has 0 radical (unpaired) electrons. The van der Waals surface area contributed by atoms with Gasteiger partial charge in [-0.1, -0.05) is 38.1 Å². The summed E-state index contributed by atoms with van der Waals surface area (Å²) in [5.41, 5.74) is 2.84. The van der Waals surface area contributed by atoms with Crippen LogP contribution >= 0.6 is 11.3 Å². The highest BCUT2D eigenvalue weighted by Crippen LogP contribution is 2.23. The predicted molar refractivity (Wildman–Crippen MR) is 78.1 cm³/mol. The molecule has 0 amide bonds. The Morgan fingerprint density at radius 3 is 2.78 bits per heavy atom. The molecule has 0 spiro atoms. The van der Waals surface area contributed by atoms with E-state index in [1.54, 1.807) is 11.3 Å². The lowest BCUT2D eigenvalue weighted by atomic mass is 9.96. The molecule has 1 aromatic heterocycles. The molecule has 0 aliphatic carbocycles. The van der Waals surface area contributed by atoms with Crippen molar-refractivity contribution >= 4 is 11.3 Å². The largest absolute Gasteiger partial charge is 0.310 e. The maximum Gasteiger partial charge on any atom is 0.0943 e. The Morgan fingerprint density at radius 2 is 2.11 bits per heavy atom. The predicted octanol–water partition coefficient (Wildman–Crippen LogP) is 3.60. The smallest absolute Gasteiger partial charge is 0.0943 e. The van der Waals surface area contributed by atoms with Crippen LogP contribution in [-0.2, 0) is 12.8 Å². The number of hydrogen-bond donors (Lipinski definition) is 1. The van der Waals surface area contributed by atoms with E-state index in [4.69, 9.17) is 0 Å². The van der Waals surface area contributed by atoms with Crippen molar-refractivity contribution in [1.82, 2.24) is 10.3 Å². The van der Waals surface area contributed by atoms with E-state index < -0.39 is 0 Å². The van der Waals surface area contributed by atoms with Gasteiger partial charge in [0.2, 0.25) is 0 Å². The van der Waals surface area contributed by atoms with Gasteiger partial charge >= 0.3 is 0 Å². The lowest BCUT2D eigenvalue weighted by Gasteiger charge is -2.20. The molecule has 0 aliphatic heterocycles. The zero-order valence-electron chi connectivity index (χ0n) is 11.0. The van der Waals surface area contributed by atoms with E-state index in [1.165, 1.54) is 16.1 Å². The topological polar surface area (TPSA) is 24.9 Å². The minimum Gasteiger partial charge on any atom is -0.310 e. The molecular weight excluding hydrogens is 240 g/mol. The zero-order valence-corrected chi connectivity index (χ0v) is 11.8. The first-order valence-corrected chi connectivity index (χ1v) is 7.42. The van der Waals surface area contributed by atoms with Gasteiger partial charge in [-0.25, -0.2) is 4.98 Å². The minimum atomic E-state index is 0.373. The molecule has 0 bridgehead atoms. The van der Waals surface area contributed by atoms with Crippen LogP contribution in [0.3, 0.4) is 0 Å². The van der Waals surface area contributed by atoms with Gasteiger partial charge in [-0.2, -0.15) is 0 Å². The van der Waals surface area contributed by atoms with Gasteiger partial charge in [0.25, 0.3) is 0 Å². The number of hydrogen-bond acceptors (Lipinski definition) is 3. The van der Waals surface area contributed by atoms with Gasteiger partial charge in [0, 0.05) is 24.0 Å². The highest BCUT2D eigenvalue weighted by atomic mass is 32.1. The summed E-state index contributed by atoms with van der Waals surface area (Å²) in [5, 5.41) is 6.83. The van der Waals surface area contributed by atoms with Crippen molar-refractivity contribution in [3.05, 3.63) is 52.0 Å². The van der Waals surface area contributed by atoms with E-state index in [1.807, 2.05) is 11.6 Å². The summed E-state index contributed by atoms with van der Waals surface area (Å²) >= 11 is 1.73. The normalized spacial score (nSPS) is 12.6. The number of benzene rings is 1. The Morgan fingerprint density at radius 1 is 1.28 bits per heavy atom. The van der Waals surface area contributed by atoms with Crippen molar-refractivity contribution in [1.29, 1.82) is 0 Å². The monoisotopic (exact) mass is 260 g/mol. The fraction of sp³-hybridized carbons (Fsp3) is 0.400. The van der Waals surface area contributed by atoms with E-state index >= 15 is 0 Å². The van der Waals surface area contributed by atoms with Crippen LogP contribution in [0.1, 0.15) is 36.0 Å². The highest BCUT2D eigenvalue weighted by Gasteiger charge is 2.15. The molecule has 1 atom stereocenters. The van der Waals surface area contributed by atoms with Crippen molar-refractivity contribution in [3.8, 4) is 0 Å². The molecule has 0 aliphatic rings. The third kappa shape index (κ3) is 3.18. The molecule has 0 saturated carbocycles. The number of nitrogens with one attached hydrogen (secondary N) is 1. The lowest BCUT2D eigenvalue weighted by molar-refractivity contribution is 0.544. The molecule has 1 N–H and O–H groups in total. The van der Waals surface area contributed by atoms with Gasteiger partial charge in [0.1, 0.15) is 0 Å². The third-order valence-corrected chi connectivity index (χ3v) is 3.93. The SMILES string of the molecule is CCNC(Cc1nccs1)c1ccccc1CC. The maximum atomic E-state index is 4.40. The van der Waals surface area contributed by atoms with Crippen LogP contribution in [0.4, 0.5) is 0 Å². The lowest BCUT2D eigenvalue weighted by Crippen LogP contribution is -2.24. The van der Waals surface area contributed by atoms with Gasteiger partial charge in [-0.3, -0.25) is 0 Å². The second-order valence-electron chi connectivity index (χ2n) is 4.29. The fourth-order valence-electron chi connectivity index (χ4n) is 2.26. The quantitative estimate of drug-likeness (QED) is 0.858. The Bertz CT molecular complexity index is 465. The number of likely N-dealkylation sites (N-methyl/N-ethyl adjacent to an activating group) is 1. The fourth-order valence-corrected chi connectivity index (χ4v) is 2.93. The van der Waals surface area contributed by atoms with E-state index in [2.05, 4.69) is 48.4 Å². The number of aromatic nitrogens is 1. The Labute approximate surface area is 113 Å². The van der Waals surface area contributed by atoms with Crippen LogP contribution in [0.15, 0.2) is 35.8 Å². The molecule has 0 fully saturated rings. The van der Waals surface area contributed by atoms with Crippen molar-refractivity contribution in [3.63, 3.8) is 0 Å². The molecule has 1 unspecified atom stereocenters. The van der Waals surface area contributed by atoms with Crippen molar-refractivity contribution in [2.75, 3.05) is 6.54 Å². The summed E-state index contributed by atoms with van der Waals surface area (Å²) in [6.45, 7) is 5.35. The standard InChI is InChI=1S/C15H20N2S/c1-3-12-7-5-6-8-13(12)14(16-4-2)11-15-17-9-10-18-15/h5-10,14,16H,3-4,11H2,1-2H3. The summed E-state index contributed by atoms with van der Waals surface area (Å²) in [7, 11) is 0. The molecule has 0 saturated heterocycles. The second kappa shape index (κ2) is 6.66. The molecule has 1 heterocycles. The number of nitrogens with zero attached hydrogens (tertiary/aromatic N) is 1.